The summed E-state index contributed by atoms with van der Waals surface area (Å²) in [5.41, 5.74) is 3.66. The number of carbonyl (C=O) groups excluding carboxylic acids is 1. The van der Waals surface area contributed by atoms with E-state index in [4.69, 9.17) is 4.74 Å². The Morgan fingerprint density at radius 3 is 3.05 bits per heavy atom. The second-order valence-electron chi connectivity index (χ2n) is 5.20. The molecule has 1 aliphatic carbocycles. The average Bonchev–Trinajstić information content (AvgIpc) is 2.48. The van der Waals surface area contributed by atoms with Crippen molar-refractivity contribution in [1.82, 2.24) is 5.32 Å². The first-order valence-electron chi connectivity index (χ1n) is 7.08. The monoisotopic (exact) mass is 260 g/mol. The number of amides is 1. The lowest BCUT2D eigenvalue weighted by molar-refractivity contribution is -0.128. The van der Waals surface area contributed by atoms with Crippen LogP contribution in [0.15, 0.2) is 18.2 Å². The molecule has 4 nitrogen and oxygen atoms in total. The molecule has 3 rings (SSSR count). The first kappa shape index (κ1) is 12.6. The molecule has 19 heavy (non-hydrogen) atoms. The van der Waals surface area contributed by atoms with Crippen LogP contribution in [0.4, 0.5) is 5.69 Å². The van der Waals surface area contributed by atoms with Gasteiger partial charge in [-0.15, -0.1) is 0 Å². The Morgan fingerprint density at radius 2 is 2.21 bits per heavy atom. The third-order valence-corrected chi connectivity index (χ3v) is 3.87. The maximum absolute atomic E-state index is 12.2. The van der Waals surface area contributed by atoms with Gasteiger partial charge in [0.15, 0.2) is 0 Å². The van der Waals surface area contributed by atoms with Crippen LogP contribution in [0.5, 0.6) is 0 Å². The smallest absolute Gasteiger partial charge is 0.254 e. The highest BCUT2D eigenvalue weighted by Crippen LogP contribution is 2.27. The van der Waals surface area contributed by atoms with Gasteiger partial charge in [-0.3, -0.25) is 4.79 Å². The molecule has 1 saturated heterocycles. The molecule has 1 fully saturated rings. The Labute approximate surface area is 113 Å². The van der Waals surface area contributed by atoms with Gasteiger partial charge < -0.3 is 15.4 Å². The van der Waals surface area contributed by atoms with Crippen LogP contribution in [-0.4, -0.2) is 31.7 Å². The zero-order chi connectivity index (χ0) is 13.1. The normalized spacial score (nSPS) is 22.6. The van der Waals surface area contributed by atoms with Crippen molar-refractivity contribution < 1.29 is 9.53 Å². The minimum atomic E-state index is -0.367. The van der Waals surface area contributed by atoms with Crippen LogP contribution >= 0.6 is 0 Å². The minimum Gasteiger partial charge on any atom is -0.366 e. The molecule has 4 heteroatoms. The zero-order valence-corrected chi connectivity index (χ0v) is 11.1. The number of hydrogen-bond donors (Lipinski definition) is 2. The fourth-order valence-corrected chi connectivity index (χ4v) is 2.85. The van der Waals surface area contributed by atoms with Gasteiger partial charge in [-0.1, -0.05) is 12.1 Å². The van der Waals surface area contributed by atoms with Crippen molar-refractivity contribution in [3.05, 3.63) is 29.3 Å². The summed E-state index contributed by atoms with van der Waals surface area (Å²) in [6.07, 6.45) is 4.28. The van der Waals surface area contributed by atoms with Crippen LogP contribution in [0, 0.1) is 0 Å². The number of ether oxygens (including phenoxy) is 1. The molecule has 2 N–H and O–H groups in total. The maximum atomic E-state index is 12.2. The highest BCUT2D eigenvalue weighted by Gasteiger charge is 2.23. The number of hydrogen-bond acceptors (Lipinski definition) is 3. The third kappa shape index (κ3) is 2.80. The number of rotatable bonds is 2. The van der Waals surface area contributed by atoms with Crippen LogP contribution in [0.2, 0.25) is 0 Å². The van der Waals surface area contributed by atoms with E-state index in [-0.39, 0.29) is 12.0 Å². The van der Waals surface area contributed by atoms with Crippen molar-refractivity contribution in [3.8, 4) is 0 Å². The highest BCUT2D eigenvalue weighted by molar-refractivity contribution is 5.95. The van der Waals surface area contributed by atoms with Gasteiger partial charge in [0.1, 0.15) is 6.10 Å². The van der Waals surface area contributed by atoms with E-state index in [1.165, 1.54) is 24.0 Å². The van der Waals surface area contributed by atoms with Crippen LogP contribution < -0.4 is 10.6 Å². The van der Waals surface area contributed by atoms with Crippen LogP contribution in [0.3, 0.4) is 0 Å². The largest absolute Gasteiger partial charge is 0.366 e. The summed E-state index contributed by atoms with van der Waals surface area (Å²) in [5.74, 6) is -0.0360. The van der Waals surface area contributed by atoms with Crippen LogP contribution in [-0.2, 0) is 22.4 Å². The van der Waals surface area contributed by atoms with Gasteiger partial charge in [0.25, 0.3) is 5.91 Å². The van der Waals surface area contributed by atoms with Gasteiger partial charge in [0.05, 0.1) is 6.61 Å². The molecule has 0 saturated carbocycles. The molecule has 102 valence electrons. The summed E-state index contributed by atoms with van der Waals surface area (Å²) < 4.78 is 5.48. The Kier molecular flexibility index (Phi) is 3.80. The fourth-order valence-electron chi connectivity index (χ4n) is 2.85. The Bertz CT molecular complexity index is 467. The molecule has 1 aromatic rings. The molecule has 0 aromatic heterocycles. The lowest BCUT2D eigenvalue weighted by atomic mass is 9.90. The number of aryl methyl sites for hydroxylation is 1. The summed E-state index contributed by atoms with van der Waals surface area (Å²) in [5, 5.41) is 6.21. The van der Waals surface area contributed by atoms with E-state index < -0.39 is 0 Å². The summed E-state index contributed by atoms with van der Waals surface area (Å²) in [4.78, 5) is 12.2. The molecule has 1 heterocycles. The molecule has 1 amide bonds. The van der Waals surface area contributed by atoms with Crippen molar-refractivity contribution in [2.45, 2.75) is 31.8 Å². The molecule has 0 radical (unpaired) electrons. The van der Waals surface area contributed by atoms with Crippen LogP contribution in [0.25, 0.3) is 0 Å². The Morgan fingerprint density at radius 1 is 1.32 bits per heavy atom. The Hall–Kier alpha value is -1.39. The maximum Gasteiger partial charge on any atom is 0.254 e. The first-order chi connectivity index (χ1) is 9.34. The van der Waals surface area contributed by atoms with Crippen molar-refractivity contribution in [2.24, 2.45) is 0 Å². The topological polar surface area (TPSA) is 50.4 Å². The molecule has 1 aliphatic heterocycles. The van der Waals surface area contributed by atoms with Gasteiger partial charge in [0, 0.05) is 18.8 Å². The van der Waals surface area contributed by atoms with E-state index in [1.54, 1.807) is 0 Å². The van der Waals surface area contributed by atoms with E-state index in [0.29, 0.717) is 13.2 Å². The predicted molar refractivity (Wildman–Crippen MR) is 74.3 cm³/mol. The second-order valence-corrected chi connectivity index (χ2v) is 5.20. The predicted octanol–water partition coefficient (Wildman–Crippen LogP) is 1.49. The van der Waals surface area contributed by atoms with Crippen molar-refractivity contribution in [1.29, 1.82) is 0 Å². The van der Waals surface area contributed by atoms with E-state index in [1.807, 2.05) is 12.1 Å². The second kappa shape index (κ2) is 5.72. The van der Waals surface area contributed by atoms with Crippen molar-refractivity contribution in [2.75, 3.05) is 25.0 Å². The van der Waals surface area contributed by atoms with Crippen molar-refractivity contribution in [3.63, 3.8) is 0 Å². The number of benzene rings is 1. The molecule has 0 spiro atoms. The first-order valence-corrected chi connectivity index (χ1v) is 7.08. The molecule has 1 atom stereocenters. The molecule has 2 aliphatic rings. The zero-order valence-electron chi connectivity index (χ0n) is 11.1. The summed E-state index contributed by atoms with van der Waals surface area (Å²) in [7, 11) is 0. The summed E-state index contributed by atoms with van der Waals surface area (Å²) in [6.45, 7) is 2.02. The highest BCUT2D eigenvalue weighted by atomic mass is 16.5. The molecule has 0 bridgehead atoms. The van der Waals surface area contributed by atoms with E-state index in [9.17, 15) is 4.79 Å². The molecular weight excluding hydrogens is 240 g/mol. The number of anilines is 1. The summed E-state index contributed by atoms with van der Waals surface area (Å²) in [6, 6.07) is 6.20. The molecule has 1 aromatic carbocycles. The van der Waals surface area contributed by atoms with Gasteiger partial charge >= 0.3 is 0 Å². The third-order valence-electron chi connectivity index (χ3n) is 3.87. The minimum absolute atomic E-state index is 0.0360. The standard InChI is InChI=1S/C15H20N2O2/c18-15(14-10-16-8-9-19-14)17-13-7-3-5-11-4-1-2-6-12(11)13/h3,5,7,14,16H,1-2,4,6,8-10H2,(H,17,18)/t14-/m0/s1. The van der Waals surface area contributed by atoms with E-state index in [0.717, 1.165) is 25.1 Å². The number of carbonyl (C=O) groups is 1. The van der Waals surface area contributed by atoms with Crippen LogP contribution in [0.1, 0.15) is 24.0 Å². The number of nitrogens with one attached hydrogen (secondary N) is 2. The SMILES string of the molecule is O=C(Nc1cccc2c1CCCC2)[C@@H]1CNCCO1. The number of fused-ring (bicyclic) bond motifs is 1. The lowest BCUT2D eigenvalue weighted by Crippen LogP contribution is -2.45. The van der Waals surface area contributed by atoms with Crippen molar-refractivity contribution >= 4 is 11.6 Å². The molecule has 0 unspecified atom stereocenters. The quantitative estimate of drug-likeness (QED) is 0.847. The van der Waals surface area contributed by atoms with Gasteiger partial charge in [-0.25, -0.2) is 0 Å². The lowest BCUT2D eigenvalue weighted by Gasteiger charge is -2.24. The van der Waals surface area contributed by atoms with E-state index >= 15 is 0 Å². The average molecular weight is 260 g/mol. The fraction of sp³-hybridized carbons (Fsp3) is 0.533. The Balaban J connectivity index is 1.74. The number of morpholine rings is 1. The van der Waals surface area contributed by atoms with Gasteiger partial charge in [-0.05, 0) is 42.9 Å². The van der Waals surface area contributed by atoms with Gasteiger partial charge in [-0.2, -0.15) is 0 Å². The van der Waals surface area contributed by atoms with Gasteiger partial charge in [0.2, 0.25) is 0 Å². The summed E-state index contributed by atoms with van der Waals surface area (Å²) >= 11 is 0. The molecular formula is C15H20N2O2. The van der Waals surface area contributed by atoms with E-state index in [2.05, 4.69) is 16.7 Å².